The molecule has 22 heavy (non-hydrogen) atoms. The van der Waals surface area contributed by atoms with E-state index < -0.39 is 0 Å². The molecule has 0 bridgehead atoms. The Hall–Kier alpha value is 0.505. The molecule has 0 aromatic heterocycles. The van der Waals surface area contributed by atoms with E-state index in [4.69, 9.17) is 12.6 Å². The molecule has 8 heteroatoms. The fourth-order valence-electron chi connectivity index (χ4n) is 2.05. The molecule has 0 saturated heterocycles. The van der Waals surface area contributed by atoms with Gasteiger partial charge in [-0.15, -0.1) is 0 Å². The molecule has 0 aliphatic rings. The maximum atomic E-state index is 10.4. The number of phenolic OH excluding ortho intramolecular Hbond substituents is 1. The van der Waals surface area contributed by atoms with Crippen molar-refractivity contribution in [1.82, 2.24) is 0 Å². The topological polar surface area (TPSA) is 29.5 Å². The summed E-state index contributed by atoms with van der Waals surface area (Å²) in [5.41, 5.74) is 1.99. The smallest absolute Gasteiger partial charge is 0.136 e. The molecule has 0 aliphatic heterocycles. The van der Waals surface area contributed by atoms with Crippen LogP contribution < -0.4 is 10.2 Å². The fraction of sp³-hybridized carbons (Fsp3) is 0.143. The summed E-state index contributed by atoms with van der Waals surface area (Å²) < 4.78 is 9.10. The molecular weight excluding hydrogens is 610 g/mol. The summed E-state index contributed by atoms with van der Waals surface area (Å²) >= 11 is 17.1. The second-order valence-electron chi connectivity index (χ2n) is 4.44. The molecule has 0 aliphatic carbocycles. The van der Waals surface area contributed by atoms with Crippen LogP contribution in [0, 0.1) is 0 Å². The van der Waals surface area contributed by atoms with E-state index in [2.05, 4.69) is 79.6 Å². The molecule has 2 aromatic carbocycles. The van der Waals surface area contributed by atoms with Crippen molar-refractivity contribution in [1.29, 1.82) is 0 Å². The second-order valence-corrected chi connectivity index (χ2v) is 8.59. The van der Waals surface area contributed by atoms with E-state index in [1.807, 2.05) is 12.1 Å². The van der Waals surface area contributed by atoms with Crippen LogP contribution in [0.25, 0.3) is 0 Å². The Kier molecular flexibility index (Phi) is 6.50. The number of hydrogen-bond donors (Lipinski definition) is 1. The van der Waals surface area contributed by atoms with Crippen LogP contribution in [0.2, 0.25) is 0 Å². The zero-order valence-corrected chi connectivity index (χ0v) is 19.1. The van der Waals surface area contributed by atoms with E-state index in [1.165, 1.54) is 0 Å². The van der Waals surface area contributed by atoms with Gasteiger partial charge in [0.15, 0.2) is 0 Å². The largest absolute Gasteiger partial charge is 0.506 e. The molecule has 2 radical (unpaired) electrons. The van der Waals surface area contributed by atoms with Crippen LogP contribution in [0.3, 0.4) is 0 Å². The summed E-state index contributed by atoms with van der Waals surface area (Å²) in [5, 5.41) is 10.4. The third kappa shape index (κ3) is 3.61. The first-order valence-corrected chi connectivity index (χ1v) is 9.90. The monoisotopic (exact) mass is 614 g/mol. The van der Waals surface area contributed by atoms with Gasteiger partial charge in [0.05, 0.1) is 16.1 Å². The fourth-order valence-corrected chi connectivity index (χ4v) is 5.07. The van der Waals surface area contributed by atoms with E-state index >= 15 is 0 Å². The van der Waals surface area contributed by atoms with Crippen LogP contribution >= 0.6 is 79.6 Å². The molecule has 1 N–H and O–H groups in total. The lowest BCUT2D eigenvalue weighted by Crippen LogP contribution is -2.14. The Labute approximate surface area is 172 Å². The van der Waals surface area contributed by atoms with E-state index in [0.717, 1.165) is 14.5 Å². The molecule has 2 nitrogen and oxygen atoms in total. The van der Waals surface area contributed by atoms with Crippen LogP contribution in [0.15, 0.2) is 34.5 Å². The van der Waals surface area contributed by atoms with Crippen molar-refractivity contribution in [2.75, 3.05) is 7.11 Å². The zero-order valence-electron chi connectivity index (χ0n) is 11.2. The van der Waals surface area contributed by atoms with Crippen molar-refractivity contribution in [2.45, 2.75) is 6.42 Å². The third-order valence-corrected chi connectivity index (χ3v) is 7.60. The van der Waals surface area contributed by atoms with Gasteiger partial charge in [-0.25, -0.2) is 0 Å². The normalized spacial score (nSPS) is 10.8. The molecule has 0 saturated carbocycles. The number of aromatic hydroxyl groups is 1. The van der Waals surface area contributed by atoms with Gasteiger partial charge in [0.25, 0.3) is 0 Å². The van der Waals surface area contributed by atoms with Crippen molar-refractivity contribution in [3.05, 3.63) is 45.6 Å². The van der Waals surface area contributed by atoms with E-state index in [-0.39, 0.29) is 5.75 Å². The number of rotatable bonds is 3. The molecule has 0 spiro atoms. The van der Waals surface area contributed by atoms with Crippen LogP contribution in [-0.2, 0) is 6.42 Å². The maximum Gasteiger partial charge on any atom is 0.136 e. The molecular formula is C14H8BBr5O2. The third-order valence-electron chi connectivity index (χ3n) is 3.10. The van der Waals surface area contributed by atoms with Crippen molar-refractivity contribution in [3.63, 3.8) is 0 Å². The second kappa shape index (κ2) is 7.59. The van der Waals surface area contributed by atoms with E-state index in [9.17, 15) is 5.11 Å². The number of methoxy groups -OCH3 is 1. The predicted molar refractivity (Wildman–Crippen MR) is 108 cm³/mol. The van der Waals surface area contributed by atoms with Gasteiger partial charge in [-0.05, 0) is 65.5 Å². The van der Waals surface area contributed by atoms with Crippen LogP contribution in [0.1, 0.15) is 11.1 Å². The molecule has 2 aromatic rings. The highest BCUT2D eigenvalue weighted by Gasteiger charge is 2.19. The van der Waals surface area contributed by atoms with Crippen LogP contribution in [-0.4, -0.2) is 20.1 Å². The van der Waals surface area contributed by atoms with Crippen molar-refractivity contribution in [3.8, 4) is 11.5 Å². The first-order chi connectivity index (χ1) is 10.3. The van der Waals surface area contributed by atoms with Gasteiger partial charge in [0, 0.05) is 25.4 Å². The van der Waals surface area contributed by atoms with Gasteiger partial charge in [-0.3, -0.25) is 0 Å². The van der Waals surface area contributed by atoms with Crippen molar-refractivity contribution >= 4 is 93.0 Å². The first kappa shape index (κ1) is 18.8. The summed E-state index contributed by atoms with van der Waals surface area (Å²) in [7, 11) is 7.75. The Morgan fingerprint density at radius 3 is 2.27 bits per heavy atom. The van der Waals surface area contributed by atoms with E-state index in [1.54, 1.807) is 7.11 Å². The minimum atomic E-state index is 0.103. The van der Waals surface area contributed by atoms with Gasteiger partial charge in [0.1, 0.15) is 19.3 Å². The van der Waals surface area contributed by atoms with Crippen molar-refractivity contribution in [2.24, 2.45) is 0 Å². The highest BCUT2D eigenvalue weighted by atomic mass is 79.9. The molecule has 0 amide bonds. The van der Waals surface area contributed by atoms with Gasteiger partial charge in [-0.2, -0.15) is 0 Å². The Morgan fingerprint density at radius 2 is 1.68 bits per heavy atom. The maximum absolute atomic E-state index is 10.4. The predicted octanol–water partition coefficient (Wildman–Crippen LogP) is 5.60. The minimum Gasteiger partial charge on any atom is -0.506 e. The van der Waals surface area contributed by atoms with Crippen LogP contribution in [0.4, 0.5) is 0 Å². The highest BCUT2D eigenvalue weighted by molar-refractivity contribution is 9.14. The summed E-state index contributed by atoms with van der Waals surface area (Å²) in [6.45, 7) is 0. The standard InChI is InChI=1S/C14H8BBr5O2/c1-22-14-5(2-6(16)4-8(14)17)3-7-9(15)10(18)11(19)12(20)13(7)21/h2,4,21H,3H2,1H3. The summed E-state index contributed by atoms with van der Waals surface area (Å²) in [5.74, 6) is 0.808. The number of phenols is 1. The summed E-state index contributed by atoms with van der Waals surface area (Å²) in [4.78, 5) is 0. The molecule has 0 atom stereocenters. The molecule has 2 rings (SSSR count). The Bertz CT molecular complexity index is 720. The Balaban J connectivity index is 2.62. The highest BCUT2D eigenvalue weighted by Crippen LogP contribution is 2.41. The van der Waals surface area contributed by atoms with Crippen molar-refractivity contribution < 1.29 is 9.84 Å². The molecule has 0 unspecified atom stereocenters. The first-order valence-electron chi connectivity index (χ1n) is 5.93. The van der Waals surface area contributed by atoms with Crippen LogP contribution in [0.5, 0.6) is 11.5 Å². The van der Waals surface area contributed by atoms with E-state index in [0.29, 0.717) is 36.6 Å². The van der Waals surface area contributed by atoms with Gasteiger partial charge >= 0.3 is 0 Å². The lowest BCUT2D eigenvalue weighted by molar-refractivity contribution is 0.407. The number of halogens is 5. The number of ether oxygens (including phenoxy) is 1. The molecule has 114 valence electrons. The Morgan fingerprint density at radius 1 is 1.05 bits per heavy atom. The minimum absolute atomic E-state index is 0.103. The lowest BCUT2D eigenvalue weighted by Gasteiger charge is -2.17. The SMILES string of the molecule is [B]c1c(Br)c(Br)c(Br)c(O)c1Cc1cc(Br)cc(Br)c1OC. The lowest BCUT2D eigenvalue weighted by atomic mass is 9.86. The van der Waals surface area contributed by atoms with Gasteiger partial charge in [0.2, 0.25) is 0 Å². The quantitative estimate of drug-likeness (QED) is 0.359. The zero-order chi connectivity index (χ0) is 16.6. The molecule has 0 heterocycles. The average Bonchev–Trinajstić information content (AvgIpc) is 2.47. The van der Waals surface area contributed by atoms with Gasteiger partial charge < -0.3 is 9.84 Å². The number of hydrogen-bond acceptors (Lipinski definition) is 2. The van der Waals surface area contributed by atoms with Gasteiger partial charge in [-0.1, -0.05) is 37.3 Å². The number of benzene rings is 2. The average molecular weight is 619 g/mol. The summed E-state index contributed by atoms with van der Waals surface area (Å²) in [6.07, 6.45) is 0.420. The molecule has 0 fully saturated rings. The summed E-state index contributed by atoms with van der Waals surface area (Å²) in [6, 6.07) is 3.84.